The molecule has 1 aromatic rings. The summed E-state index contributed by atoms with van der Waals surface area (Å²) in [6, 6.07) is 4.59. The van der Waals surface area contributed by atoms with Crippen LogP contribution in [-0.2, 0) is 5.54 Å². The van der Waals surface area contributed by atoms with E-state index in [-0.39, 0.29) is 11.4 Å². The molecule has 0 saturated heterocycles. The highest BCUT2D eigenvalue weighted by Gasteiger charge is 2.43. The minimum absolute atomic E-state index is 0.0186. The SMILES string of the molecule is CNC1(c2ccc(F)cc2Cl)CC1. The van der Waals surface area contributed by atoms with Gasteiger partial charge >= 0.3 is 0 Å². The Bertz CT molecular complexity index is 334. The van der Waals surface area contributed by atoms with E-state index in [2.05, 4.69) is 5.32 Å². The molecule has 0 heterocycles. The zero-order valence-electron chi connectivity index (χ0n) is 7.40. The summed E-state index contributed by atoms with van der Waals surface area (Å²) < 4.78 is 12.8. The van der Waals surface area contributed by atoms with Crippen molar-refractivity contribution in [3.63, 3.8) is 0 Å². The molecule has 2 rings (SSSR count). The number of hydrogen-bond donors (Lipinski definition) is 1. The van der Waals surface area contributed by atoms with Gasteiger partial charge in [0.2, 0.25) is 0 Å². The summed E-state index contributed by atoms with van der Waals surface area (Å²) in [6.45, 7) is 0. The van der Waals surface area contributed by atoms with Gasteiger partial charge in [-0.25, -0.2) is 4.39 Å². The zero-order chi connectivity index (χ0) is 9.47. The quantitative estimate of drug-likeness (QED) is 0.773. The molecule has 0 unspecified atom stereocenters. The first-order valence-corrected chi connectivity index (χ1v) is 4.70. The highest BCUT2D eigenvalue weighted by Crippen LogP contribution is 2.47. The Morgan fingerprint density at radius 3 is 2.62 bits per heavy atom. The summed E-state index contributed by atoms with van der Waals surface area (Å²) >= 11 is 5.95. The molecule has 1 aliphatic rings. The van der Waals surface area contributed by atoms with Crippen LogP contribution in [0.15, 0.2) is 18.2 Å². The van der Waals surface area contributed by atoms with E-state index in [4.69, 9.17) is 11.6 Å². The van der Waals surface area contributed by atoms with Crippen LogP contribution in [0.1, 0.15) is 18.4 Å². The second-order valence-corrected chi connectivity index (χ2v) is 3.86. The maximum absolute atomic E-state index is 12.8. The molecule has 0 atom stereocenters. The lowest BCUT2D eigenvalue weighted by atomic mass is 10.1. The maximum atomic E-state index is 12.8. The highest BCUT2D eigenvalue weighted by molar-refractivity contribution is 6.31. The fraction of sp³-hybridized carbons (Fsp3) is 0.400. The molecule has 1 nitrogen and oxygen atoms in total. The molecule has 3 heteroatoms. The summed E-state index contributed by atoms with van der Waals surface area (Å²) in [7, 11) is 1.91. The van der Waals surface area contributed by atoms with Crippen molar-refractivity contribution in [3.8, 4) is 0 Å². The zero-order valence-corrected chi connectivity index (χ0v) is 8.16. The third kappa shape index (κ3) is 1.45. The lowest BCUT2D eigenvalue weighted by Gasteiger charge is -2.15. The molecule has 1 N–H and O–H groups in total. The first kappa shape index (κ1) is 8.97. The lowest BCUT2D eigenvalue weighted by molar-refractivity contribution is 0.580. The average Bonchev–Trinajstić information content (AvgIpc) is 2.85. The number of rotatable bonds is 2. The molecule has 13 heavy (non-hydrogen) atoms. The smallest absolute Gasteiger partial charge is 0.124 e. The van der Waals surface area contributed by atoms with Gasteiger partial charge in [0.05, 0.1) is 0 Å². The van der Waals surface area contributed by atoms with Crippen molar-refractivity contribution in [1.82, 2.24) is 5.32 Å². The molecular weight excluding hydrogens is 189 g/mol. The fourth-order valence-corrected chi connectivity index (χ4v) is 2.00. The average molecular weight is 200 g/mol. The molecule has 0 aromatic heterocycles. The van der Waals surface area contributed by atoms with Gasteiger partial charge in [-0.3, -0.25) is 0 Å². The third-order valence-electron chi connectivity index (χ3n) is 2.68. The molecule has 1 fully saturated rings. The van der Waals surface area contributed by atoms with E-state index < -0.39 is 0 Å². The Morgan fingerprint density at radius 2 is 2.15 bits per heavy atom. The molecule has 70 valence electrons. The van der Waals surface area contributed by atoms with Crippen molar-refractivity contribution < 1.29 is 4.39 Å². The van der Waals surface area contributed by atoms with Gasteiger partial charge in [-0.2, -0.15) is 0 Å². The van der Waals surface area contributed by atoms with E-state index in [1.54, 1.807) is 6.07 Å². The molecular formula is C10H11ClFN. The van der Waals surface area contributed by atoms with Crippen molar-refractivity contribution in [2.24, 2.45) is 0 Å². The van der Waals surface area contributed by atoms with Gasteiger partial charge < -0.3 is 5.32 Å². The topological polar surface area (TPSA) is 12.0 Å². The van der Waals surface area contributed by atoms with Crippen LogP contribution in [0.5, 0.6) is 0 Å². The van der Waals surface area contributed by atoms with Crippen molar-refractivity contribution >= 4 is 11.6 Å². The van der Waals surface area contributed by atoms with Gasteiger partial charge in [-0.15, -0.1) is 0 Å². The van der Waals surface area contributed by atoms with Gasteiger partial charge in [-0.1, -0.05) is 17.7 Å². The van der Waals surface area contributed by atoms with E-state index >= 15 is 0 Å². The second kappa shape index (κ2) is 2.96. The van der Waals surface area contributed by atoms with Crippen LogP contribution in [0, 0.1) is 5.82 Å². The molecule has 0 radical (unpaired) electrons. The predicted molar refractivity (Wildman–Crippen MR) is 51.4 cm³/mol. The number of benzene rings is 1. The van der Waals surface area contributed by atoms with Gasteiger partial charge in [0.1, 0.15) is 5.82 Å². The molecule has 0 aliphatic heterocycles. The summed E-state index contributed by atoms with van der Waals surface area (Å²) in [4.78, 5) is 0. The van der Waals surface area contributed by atoms with E-state index in [1.807, 2.05) is 7.05 Å². The Balaban J connectivity index is 2.41. The van der Waals surface area contributed by atoms with Crippen LogP contribution in [0.4, 0.5) is 4.39 Å². The van der Waals surface area contributed by atoms with Crippen LogP contribution in [-0.4, -0.2) is 7.05 Å². The lowest BCUT2D eigenvalue weighted by Crippen LogP contribution is -2.24. The Labute approximate surface area is 81.9 Å². The highest BCUT2D eigenvalue weighted by atomic mass is 35.5. The summed E-state index contributed by atoms with van der Waals surface area (Å²) in [6.07, 6.45) is 2.16. The molecule has 1 aromatic carbocycles. The normalized spacial score (nSPS) is 18.7. The summed E-state index contributed by atoms with van der Waals surface area (Å²) in [5.41, 5.74) is 1.03. The van der Waals surface area contributed by atoms with Crippen LogP contribution < -0.4 is 5.32 Å². The maximum Gasteiger partial charge on any atom is 0.124 e. The number of halogens is 2. The van der Waals surface area contributed by atoms with Crippen LogP contribution in [0.3, 0.4) is 0 Å². The van der Waals surface area contributed by atoms with E-state index in [0.717, 1.165) is 18.4 Å². The van der Waals surface area contributed by atoms with Gasteiger partial charge in [-0.05, 0) is 37.6 Å². The summed E-state index contributed by atoms with van der Waals surface area (Å²) in [5, 5.41) is 3.74. The largest absolute Gasteiger partial charge is 0.310 e. The first-order valence-electron chi connectivity index (χ1n) is 4.32. The number of hydrogen-bond acceptors (Lipinski definition) is 1. The van der Waals surface area contributed by atoms with Crippen molar-refractivity contribution in [2.45, 2.75) is 18.4 Å². The predicted octanol–water partition coefficient (Wildman–Crippen LogP) is 2.69. The fourth-order valence-electron chi connectivity index (χ4n) is 1.66. The molecule has 1 saturated carbocycles. The number of nitrogens with one attached hydrogen (secondary N) is 1. The van der Waals surface area contributed by atoms with Crippen LogP contribution >= 0.6 is 11.6 Å². The van der Waals surface area contributed by atoms with Gasteiger partial charge in [0, 0.05) is 10.6 Å². The molecule has 1 aliphatic carbocycles. The minimum atomic E-state index is -0.277. The standard InChI is InChI=1S/C10H11ClFN/c1-13-10(4-5-10)8-3-2-7(12)6-9(8)11/h2-3,6,13H,4-5H2,1H3. The third-order valence-corrected chi connectivity index (χ3v) is 2.99. The van der Waals surface area contributed by atoms with E-state index in [9.17, 15) is 4.39 Å². The van der Waals surface area contributed by atoms with Crippen molar-refractivity contribution in [3.05, 3.63) is 34.6 Å². The van der Waals surface area contributed by atoms with E-state index in [1.165, 1.54) is 12.1 Å². The molecule has 0 amide bonds. The summed E-state index contributed by atoms with van der Waals surface area (Å²) in [5.74, 6) is -0.277. The monoisotopic (exact) mass is 199 g/mol. The van der Waals surface area contributed by atoms with Crippen molar-refractivity contribution in [2.75, 3.05) is 7.05 Å². The van der Waals surface area contributed by atoms with Crippen molar-refractivity contribution in [1.29, 1.82) is 0 Å². The Hall–Kier alpha value is -0.600. The van der Waals surface area contributed by atoms with Crippen LogP contribution in [0.2, 0.25) is 5.02 Å². The first-order chi connectivity index (χ1) is 6.18. The van der Waals surface area contributed by atoms with Crippen LogP contribution in [0.25, 0.3) is 0 Å². The molecule has 0 bridgehead atoms. The Morgan fingerprint density at radius 1 is 1.46 bits per heavy atom. The van der Waals surface area contributed by atoms with Gasteiger partial charge in [0.25, 0.3) is 0 Å². The van der Waals surface area contributed by atoms with E-state index in [0.29, 0.717) is 5.02 Å². The second-order valence-electron chi connectivity index (χ2n) is 3.46. The molecule has 0 spiro atoms. The Kier molecular flexibility index (Phi) is 2.05. The minimum Gasteiger partial charge on any atom is -0.310 e. The van der Waals surface area contributed by atoms with Gasteiger partial charge in [0.15, 0.2) is 0 Å².